The Bertz CT molecular complexity index is 273. The SMILES string of the molecule is CCC(C)SCC(=O)C1CCOC2(CCC2)C1. The highest BCUT2D eigenvalue weighted by atomic mass is 32.2. The van der Waals surface area contributed by atoms with Crippen molar-refractivity contribution in [3.05, 3.63) is 0 Å². The third-order valence-electron chi connectivity index (χ3n) is 4.30. The molecule has 2 aliphatic rings. The zero-order valence-corrected chi connectivity index (χ0v) is 11.9. The molecule has 0 aromatic rings. The van der Waals surface area contributed by atoms with E-state index in [1.807, 2.05) is 11.8 Å². The van der Waals surface area contributed by atoms with E-state index in [0.29, 0.717) is 16.8 Å². The van der Waals surface area contributed by atoms with Crippen LogP contribution in [-0.2, 0) is 9.53 Å². The van der Waals surface area contributed by atoms with Crippen LogP contribution in [0.5, 0.6) is 0 Å². The normalized spacial score (nSPS) is 28.7. The van der Waals surface area contributed by atoms with Crippen molar-refractivity contribution >= 4 is 17.5 Å². The monoisotopic (exact) mass is 256 g/mol. The van der Waals surface area contributed by atoms with Crippen LogP contribution < -0.4 is 0 Å². The molecule has 1 saturated heterocycles. The lowest BCUT2D eigenvalue weighted by molar-refractivity contribution is -0.154. The Morgan fingerprint density at radius 1 is 1.53 bits per heavy atom. The Balaban J connectivity index is 1.78. The van der Waals surface area contributed by atoms with E-state index in [1.165, 1.54) is 19.3 Å². The molecule has 3 heteroatoms. The van der Waals surface area contributed by atoms with Gasteiger partial charge in [-0.05, 0) is 38.5 Å². The van der Waals surface area contributed by atoms with Crippen LogP contribution in [0, 0.1) is 5.92 Å². The fourth-order valence-corrected chi connectivity index (χ4v) is 3.60. The topological polar surface area (TPSA) is 26.3 Å². The average Bonchev–Trinajstić information content (AvgIpc) is 2.33. The molecule has 2 unspecified atom stereocenters. The molecule has 2 atom stereocenters. The van der Waals surface area contributed by atoms with Crippen LogP contribution in [0.3, 0.4) is 0 Å². The zero-order valence-electron chi connectivity index (χ0n) is 11.0. The number of ketones is 1. The van der Waals surface area contributed by atoms with Crippen molar-refractivity contribution in [3.8, 4) is 0 Å². The van der Waals surface area contributed by atoms with Crippen molar-refractivity contribution in [3.63, 3.8) is 0 Å². The molecule has 2 nitrogen and oxygen atoms in total. The van der Waals surface area contributed by atoms with Crippen LogP contribution in [0.25, 0.3) is 0 Å². The Kier molecular flexibility index (Phi) is 4.53. The molecule has 1 heterocycles. The van der Waals surface area contributed by atoms with E-state index in [0.717, 1.165) is 25.9 Å². The van der Waals surface area contributed by atoms with Gasteiger partial charge in [-0.2, -0.15) is 11.8 Å². The molecule has 0 amide bonds. The van der Waals surface area contributed by atoms with E-state index in [4.69, 9.17) is 4.74 Å². The van der Waals surface area contributed by atoms with Crippen LogP contribution in [0.1, 0.15) is 52.4 Å². The third kappa shape index (κ3) is 3.25. The van der Waals surface area contributed by atoms with Crippen LogP contribution >= 0.6 is 11.8 Å². The van der Waals surface area contributed by atoms with Gasteiger partial charge in [0.1, 0.15) is 5.78 Å². The summed E-state index contributed by atoms with van der Waals surface area (Å²) in [6.07, 6.45) is 6.72. The molecule has 0 bridgehead atoms. The Hall–Kier alpha value is -0.0200. The lowest BCUT2D eigenvalue weighted by Gasteiger charge is -2.46. The summed E-state index contributed by atoms with van der Waals surface area (Å²) in [5, 5.41) is 0.608. The summed E-state index contributed by atoms with van der Waals surface area (Å²) in [6.45, 7) is 5.18. The highest BCUT2D eigenvalue weighted by Gasteiger charge is 2.44. The molecular weight excluding hydrogens is 232 g/mol. The summed E-state index contributed by atoms with van der Waals surface area (Å²) in [5.74, 6) is 1.45. The van der Waals surface area contributed by atoms with Gasteiger partial charge in [-0.25, -0.2) is 0 Å². The minimum absolute atomic E-state index is 0.111. The standard InChI is InChI=1S/C14H24O2S/c1-3-11(2)17-10-13(15)12-5-8-16-14(9-12)6-4-7-14/h11-12H,3-10H2,1-2H3. The second-order valence-corrected chi connectivity index (χ2v) is 7.00. The molecule has 0 N–H and O–H groups in total. The van der Waals surface area contributed by atoms with Gasteiger partial charge in [0.25, 0.3) is 0 Å². The number of thioether (sulfide) groups is 1. The van der Waals surface area contributed by atoms with E-state index >= 15 is 0 Å². The first-order chi connectivity index (χ1) is 8.15. The Labute approximate surface area is 109 Å². The van der Waals surface area contributed by atoms with Crippen molar-refractivity contribution in [2.75, 3.05) is 12.4 Å². The predicted octanol–water partition coefficient (Wildman–Crippen LogP) is 3.44. The lowest BCUT2D eigenvalue weighted by Crippen LogP contribution is -2.47. The van der Waals surface area contributed by atoms with Crippen molar-refractivity contribution in [1.82, 2.24) is 0 Å². The number of carbonyl (C=O) groups excluding carboxylic acids is 1. The maximum absolute atomic E-state index is 12.2. The van der Waals surface area contributed by atoms with Crippen molar-refractivity contribution in [2.45, 2.75) is 63.2 Å². The molecule has 2 fully saturated rings. The number of hydrogen-bond acceptors (Lipinski definition) is 3. The van der Waals surface area contributed by atoms with E-state index in [2.05, 4.69) is 13.8 Å². The molecule has 0 aromatic heterocycles. The molecule has 0 radical (unpaired) electrons. The van der Waals surface area contributed by atoms with E-state index in [-0.39, 0.29) is 11.5 Å². The fraction of sp³-hybridized carbons (Fsp3) is 0.929. The minimum Gasteiger partial charge on any atom is -0.375 e. The number of Topliss-reactive ketones (excluding diaryl/α,β-unsaturated/α-hetero) is 1. The van der Waals surface area contributed by atoms with E-state index in [1.54, 1.807) is 0 Å². The first-order valence-electron chi connectivity index (χ1n) is 6.93. The van der Waals surface area contributed by atoms with Crippen LogP contribution in [0.2, 0.25) is 0 Å². The van der Waals surface area contributed by atoms with Crippen molar-refractivity contribution < 1.29 is 9.53 Å². The van der Waals surface area contributed by atoms with E-state index < -0.39 is 0 Å². The predicted molar refractivity (Wildman–Crippen MR) is 72.5 cm³/mol. The minimum atomic E-state index is 0.111. The molecule has 1 spiro atoms. The highest BCUT2D eigenvalue weighted by molar-refractivity contribution is 8.00. The van der Waals surface area contributed by atoms with E-state index in [9.17, 15) is 4.79 Å². The van der Waals surface area contributed by atoms with Gasteiger partial charge in [0.2, 0.25) is 0 Å². The third-order valence-corrected chi connectivity index (χ3v) is 5.65. The molecule has 1 saturated carbocycles. The molecule has 1 aliphatic carbocycles. The zero-order chi connectivity index (χ0) is 12.3. The fourth-order valence-electron chi connectivity index (χ4n) is 2.68. The molecular formula is C14H24O2S. The van der Waals surface area contributed by atoms with Gasteiger partial charge in [0.15, 0.2) is 0 Å². The van der Waals surface area contributed by atoms with Gasteiger partial charge in [0.05, 0.1) is 11.4 Å². The number of hydrogen-bond donors (Lipinski definition) is 0. The number of carbonyl (C=O) groups is 1. The maximum Gasteiger partial charge on any atom is 0.146 e. The Morgan fingerprint density at radius 3 is 2.88 bits per heavy atom. The summed E-state index contributed by atoms with van der Waals surface area (Å²) in [5.41, 5.74) is 0.111. The van der Waals surface area contributed by atoms with Gasteiger partial charge in [-0.15, -0.1) is 0 Å². The molecule has 17 heavy (non-hydrogen) atoms. The number of rotatable bonds is 5. The van der Waals surface area contributed by atoms with Crippen molar-refractivity contribution in [2.24, 2.45) is 5.92 Å². The first kappa shape index (κ1) is 13.4. The molecule has 98 valence electrons. The van der Waals surface area contributed by atoms with Gasteiger partial charge in [0, 0.05) is 17.8 Å². The largest absolute Gasteiger partial charge is 0.375 e. The van der Waals surface area contributed by atoms with Crippen LogP contribution in [0.15, 0.2) is 0 Å². The highest BCUT2D eigenvalue weighted by Crippen LogP contribution is 2.44. The maximum atomic E-state index is 12.2. The Morgan fingerprint density at radius 2 is 2.29 bits per heavy atom. The number of ether oxygens (including phenoxy) is 1. The van der Waals surface area contributed by atoms with Crippen LogP contribution in [-0.4, -0.2) is 29.0 Å². The first-order valence-corrected chi connectivity index (χ1v) is 7.98. The summed E-state index contributed by atoms with van der Waals surface area (Å²) in [6, 6.07) is 0. The van der Waals surface area contributed by atoms with Gasteiger partial charge < -0.3 is 4.74 Å². The second-order valence-electron chi connectivity index (χ2n) is 5.57. The summed E-state index contributed by atoms with van der Waals surface area (Å²) in [4.78, 5) is 12.2. The molecule has 1 aliphatic heterocycles. The van der Waals surface area contributed by atoms with Crippen molar-refractivity contribution in [1.29, 1.82) is 0 Å². The average molecular weight is 256 g/mol. The second kappa shape index (κ2) is 5.75. The van der Waals surface area contributed by atoms with Gasteiger partial charge >= 0.3 is 0 Å². The van der Waals surface area contributed by atoms with Gasteiger partial charge in [-0.3, -0.25) is 4.79 Å². The van der Waals surface area contributed by atoms with Gasteiger partial charge in [-0.1, -0.05) is 13.8 Å². The summed E-state index contributed by atoms with van der Waals surface area (Å²) >= 11 is 1.81. The smallest absolute Gasteiger partial charge is 0.146 e. The van der Waals surface area contributed by atoms with Crippen LogP contribution in [0.4, 0.5) is 0 Å². The molecule has 0 aromatic carbocycles. The summed E-state index contributed by atoms with van der Waals surface area (Å²) in [7, 11) is 0. The summed E-state index contributed by atoms with van der Waals surface area (Å²) < 4.78 is 5.87. The lowest BCUT2D eigenvalue weighted by atomic mass is 9.71. The molecule has 2 rings (SSSR count). The quantitative estimate of drug-likeness (QED) is 0.754.